The van der Waals surface area contributed by atoms with E-state index in [4.69, 9.17) is 5.10 Å². The fourth-order valence-electron chi connectivity index (χ4n) is 5.72. The monoisotopic (exact) mass is 325 g/mol. The lowest BCUT2D eigenvalue weighted by molar-refractivity contribution is -0.0492. The lowest BCUT2D eigenvalue weighted by atomic mass is 9.53. The largest absolute Gasteiger partial charge is 0.304 e. The Kier molecular flexibility index (Phi) is 2.94. The van der Waals surface area contributed by atoms with Crippen molar-refractivity contribution in [3.63, 3.8) is 0 Å². The van der Waals surface area contributed by atoms with E-state index < -0.39 is 0 Å². The van der Waals surface area contributed by atoms with Gasteiger partial charge in [-0.3, -0.25) is 14.2 Å². The van der Waals surface area contributed by atoms with E-state index in [1.54, 1.807) is 24.0 Å². The maximum Gasteiger partial charge on any atom is 0.277 e. The summed E-state index contributed by atoms with van der Waals surface area (Å²) in [5.41, 5.74) is 0.616. The van der Waals surface area contributed by atoms with E-state index in [-0.39, 0.29) is 11.4 Å². The smallest absolute Gasteiger partial charge is 0.277 e. The summed E-state index contributed by atoms with van der Waals surface area (Å²) in [6.07, 6.45) is 11.9. The lowest BCUT2D eigenvalue weighted by Crippen LogP contribution is -2.52. The van der Waals surface area contributed by atoms with Crippen molar-refractivity contribution in [3.8, 4) is 0 Å². The number of nitrogens with one attached hydrogen (secondary N) is 1. The van der Waals surface area contributed by atoms with Crippen molar-refractivity contribution < 1.29 is 4.79 Å². The summed E-state index contributed by atoms with van der Waals surface area (Å²) in [4.78, 5) is 12.2. The van der Waals surface area contributed by atoms with Gasteiger partial charge in [-0.2, -0.15) is 10.2 Å². The molecule has 0 atom stereocenters. The number of nitrogens with zero attached hydrogens (tertiary/aromatic N) is 4. The molecule has 126 valence electrons. The van der Waals surface area contributed by atoms with Crippen LogP contribution in [0.2, 0.25) is 0 Å². The summed E-state index contributed by atoms with van der Waals surface area (Å²) in [7, 11) is 1.80. The molecule has 0 radical (unpaired) electrons. The Labute approximate surface area is 141 Å². The summed E-state index contributed by atoms with van der Waals surface area (Å²) in [5.74, 6) is 3.07. The highest BCUT2D eigenvalue weighted by Crippen LogP contribution is 2.58. The molecule has 2 aromatic rings. The molecule has 6 rings (SSSR count). The van der Waals surface area contributed by atoms with Crippen molar-refractivity contribution in [1.29, 1.82) is 0 Å². The Morgan fingerprint density at radius 2 is 1.75 bits per heavy atom. The molecular formula is C18H23N5O. The topological polar surface area (TPSA) is 64.7 Å². The number of hydrogen-bond acceptors (Lipinski definition) is 3. The number of aromatic nitrogens is 4. The van der Waals surface area contributed by atoms with E-state index in [1.165, 1.54) is 38.5 Å². The van der Waals surface area contributed by atoms with Crippen LogP contribution in [0.5, 0.6) is 0 Å². The maximum atomic E-state index is 12.2. The number of rotatable bonds is 3. The first kappa shape index (κ1) is 14.3. The van der Waals surface area contributed by atoms with Crippen molar-refractivity contribution in [2.45, 2.75) is 44.1 Å². The minimum absolute atomic E-state index is 0.197. The van der Waals surface area contributed by atoms with Gasteiger partial charge < -0.3 is 5.32 Å². The minimum Gasteiger partial charge on any atom is -0.304 e. The van der Waals surface area contributed by atoms with Crippen molar-refractivity contribution in [2.75, 3.05) is 5.32 Å². The molecule has 24 heavy (non-hydrogen) atoms. The number of anilines is 1. The summed E-state index contributed by atoms with van der Waals surface area (Å²) >= 11 is 0. The van der Waals surface area contributed by atoms with E-state index in [0.29, 0.717) is 11.5 Å². The predicted molar refractivity (Wildman–Crippen MR) is 89.5 cm³/mol. The highest BCUT2D eigenvalue weighted by Gasteiger charge is 2.52. The lowest BCUT2D eigenvalue weighted by Gasteiger charge is -2.56. The zero-order valence-corrected chi connectivity index (χ0v) is 14.0. The van der Waals surface area contributed by atoms with Gasteiger partial charge in [-0.15, -0.1) is 0 Å². The zero-order valence-electron chi connectivity index (χ0n) is 14.0. The molecule has 0 unspecified atom stereocenters. The molecule has 1 amide bonds. The van der Waals surface area contributed by atoms with E-state index in [0.717, 1.165) is 17.8 Å². The van der Waals surface area contributed by atoms with Crippen LogP contribution in [0.15, 0.2) is 24.5 Å². The van der Waals surface area contributed by atoms with Crippen LogP contribution in [0, 0.1) is 17.8 Å². The highest BCUT2D eigenvalue weighted by molar-refractivity contribution is 6.02. The third-order valence-corrected chi connectivity index (χ3v) is 6.27. The molecular weight excluding hydrogens is 302 g/mol. The number of carbonyl (C=O) groups excluding carboxylic acids is 1. The number of amides is 1. The van der Waals surface area contributed by atoms with Gasteiger partial charge in [0, 0.05) is 25.5 Å². The Hall–Kier alpha value is -2.11. The molecule has 0 aliphatic heterocycles. The van der Waals surface area contributed by atoms with Crippen molar-refractivity contribution in [1.82, 2.24) is 19.6 Å². The van der Waals surface area contributed by atoms with Crippen LogP contribution in [0.1, 0.15) is 49.0 Å². The molecule has 4 aliphatic rings. The second kappa shape index (κ2) is 4.94. The number of carbonyl (C=O) groups is 1. The molecule has 6 heteroatoms. The fraction of sp³-hybridized carbons (Fsp3) is 0.611. The van der Waals surface area contributed by atoms with Gasteiger partial charge in [0.15, 0.2) is 11.5 Å². The average Bonchev–Trinajstić information content (AvgIpc) is 3.15. The summed E-state index contributed by atoms with van der Waals surface area (Å²) in [6.45, 7) is 0. The van der Waals surface area contributed by atoms with Crippen LogP contribution >= 0.6 is 0 Å². The van der Waals surface area contributed by atoms with E-state index in [9.17, 15) is 4.79 Å². The molecule has 2 aromatic heterocycles. The molecule has 4 saturated carbocycles. The maximum absolute atomic E-state index is 12.2. The molecule has 0 aromatic carbocycles. The van der Waals surface area contributed by atoms with Gasteiger partial charge >= 0.3 is 0 Å². The van der Waals surface area contributed by atoms with Crippen LogP contribution in [0.4, 0.5) is 5.82 Å². The van der Waals surface area contributed by atoms with Crippen LogP contribution in [-0.2, 0) is 12.6 Å². The Bertz CT molecular complexity index is 754. The predicted octanol–water partition coefficient (Wildman–Crippen LogP) is 2.79. The average molecular weight is 325 g/mol. The summed E-state index contributed by atoms with van der Waals surface area (Å²) in [6, 6.07) is 3.63. The zero-order chi connectivity index (χ0) is 16.3. The summed E-state index contributed by atoms with van der Waals surface area (Å²) < 4.78 is 3.79. The van der Waals surface area contributed by atoms with Crippen LogP contribution < -0.4 is 5.32 Å². The second-order valence-corrected chi connectivity index (χ2v) is 8.12. The quantitative estimate of drug-likeness (QED) is 0.944. The van der Waals surface area contributed by atoms with E-state index in [1.807, 2.05) is 6.07 Å². The van der Waals surface area contributed by atoms with Crippen molar-refractivity contribution >= 4 is 11.7 Å². The Morgan fingerprint density at radius 3 is 2.33 bits per heavy atom. The molecule has 1 N–H and O–H groups in total. The molecule has 6 nitrogen and oxygen atoms in total. The van der Waals surface area contributed by atoms with Crippen LogP contribution in [0.3, 0.4) is 0 Å². The second-order valence-electron chi connectivity index (χ2n) is 8.12. The van der Waals surface area contributed by atoms with Gasteiger partial charge in [0.1, 0.15) is 0 Å². The van der Waals surface area contributed by atoms with Gasteiger partial charge in [0.05, 0.1) is 5.54 Å². The van der Waals surface area contributed by atoms with E-state index >= 15 is 0 Å². The minimum atomic E-state index is -0.202. The van der Waals surface area contributed by atoms with Gasteiger partial charge in [-0.1, -0.05) is 0 Å². The van der Waals surface area contributed by atoms with Crippen molar-refractivity contribution in [3.05, 3.63) is 30.2 Å². The first-order valence-corrected chi connectivity index (χ1v) is 8.97. The number of aryl methyl sites for hydroxylation is 1. The van der Waals surface area contributed by atoms with Crippen LogP contribution in [-0.4, -0.2) is 25.5 Å². The Morgan fingerprint density at radius 1 is 1.08 bits per heavy atom. The van der Waals surface area contributed by atoms with Gasteiger partial charge in [0.2, 0.25) is 0 Å². The molecule has 2 heterocycles. The van der Waals surface area contributed by atoms with Gasteiger partial charge in [-0.05, 0) is 62.3 Å². The van der Waals surface area contributed by atoms with Crippen molar-refractivity contribution in [2.24, 2.45) is 24.8 Å². The van der Waals surface area contributed by atoms with E-state index in [2.05, 4.69) is 21.3 Å². The summed E-state index contributed by atoms with van der Waals surface area (Å²) in [5, 5.41) is 11.7. The first-order chi connectivity index (χ1) is 11.6. The molecule has 4 bridgehead atoms. The highest BCUT2D eigenvalue weighted by atomic mass is 16.2. The van der Waals surface area contributed by atoms with Crippen LogP contribution in [0.25, 0.3) is 0 Å². The number of hydrogen-bond donors (Lipinski definition) is 1. The standard InChI is InChI=1S/C18H23N5O/c1-22-4-2-15(20-22)17(24)19-16-3-5-23(21-16)18-9-12-6-13(10-18)8-14(7-12)11-18/h2-5,12-14H,6-11H2,1H3,(H,19,21,24). The third kappa shape index (κ3) is 2.19. The SMILES string of the molecule is Cn1ccc(C(=O)Nc2ccn(C34CC5CC(CC(C5)C3)C4)n2)n1. The van der Waals surface area contributed by atoms with Gasteiger partial charge in [-0.25, -0.2) is 0 Å². The Balaban J connectivity index is 1.37. The molecule has 0 spiro atoms. The molecule has 4 fully saturated rings. The first-order valence-electron chi connectivity index (χ1n) is 8.97. The fourth-order valence-corrected chi connectivity index (χ4v) is 5.72. The molecule has 4 aliphatic carbocycles. The van der Waals surface area contributed by atoms with Gasteiger partial charge in [0.25, 0.3) is 5.91 Å². The molecule has 0 saturated heterocycles. The normalized spacial score (nSPS) is 33.8. The third-order valence-electron chi connectivity index (χ3n) is 6.27.